The molecular formula is C26H38O10. The molecule has 0 aromatic carbocycles. The van der Waals surface area contributed by atoms with Crippen molar-refractivity contribution in [3.05, 3.63) is 12.2 Å². The van der Waals surface area contributed by atoms with Crippen molar-refractivity contribution in [3.8, 4) is 0 Å². The molecule has 10 nitrogen and oxygen atoms in total. The highest BCUT2D eigenvalue weighted by atomic mass is 16.7. The number of aliphatic hydroxyl groups excluding tert-OH is 6. The average Bonchev–Trinajstić information content (AvgIpc) is 3.29. The van der Waals surface area contributed by atoms with Gasteiger partial charge in [0.25, 0.3) is 0 Å². The second-order valence-corrected chi connectivity index (χ2v) is 12.6. The van der Waals surface area contributed by atoms with Gasteiger partial charge in [-0.2, -0.15) is 0 Å². The molecule has 4 aliphatic carbocycles. The second kappa shape index (κ2) is 7.95. The normalized spacial score (nSPS) is 59.9. The van der Waals surface area contributed by atoms with Crippen LogP contribution >= 0.6 is 0 Å². The number of ether oxygens (including phenoxy) is 3. The average molecular weight is 511 g/mol. The number of fused-ring (bicyclic) bond motifs is 5. The molecule has 2 saturated heterocycles. The van der Waals surface area contributed by atoms with Gasteiger partial charge in [-0.15, -0.1) is 0 Å². The van der Waals surface area contributed by atoms with Gasteiger partial charge < -0.3 is 44.8 Å². The van der Waals surface area contributed by atoms with Crippen LogP contribution in [-0.2, 0) is 19.0 Å². The van der Waals surface area contributed by atoms with Crippen LogP contribution < -0.4 is 0 Å². The Labute approximate surface area is 209 Å². The van der Waals surface area contributed by atoms with Gasteiger partial charge in [-0.3, -0.25) is 4.79 Å². The number of rotatable bonds is 3. The standard InChI is InChI=1S/C26H38O10/c1-10-11-4-5-14-25(3)12(6-7-24(2)18(25)21(32)36-23(24)33)19(31)26(14,8-11)20(10)35-22-17(30)16(29)15(28)13(9-27)34-22/h11-22,27-32H,1,4-9H2,2-3H3/t11-,12+,13-,14+,15-,16+,17-,18-,19+,20+,21+,22+,24-,25+,26-/m0/s1. The predicted molar refractivity (Wildman–Crippen MR) is 122 cm³/mol. The molecule has 10 heteroatoms. The Morgan fingerprint density at radius 3 is 2.47 bits per heavy atom. The van der Waals surface area contributed by atoms with Crippen molar-refractivity contribution in [1.29, 1.82) is 0 Å². The van der Waals surface area contributed by atoms with Crippen molar-refractivity contribution in [3.63, 3.8) is 0 Å². The van der Waals surface area contributed by atoms with E-state index in [1.54, 1.807) is 0 Å². The minimum Gasteiger partial charge on any atom is -0.435 e. The van der Waals surface area contributed by atoms with Crippen molar-refractivity contribution >= 4 is 5.97 Å². The Bertz CT molecular complexity index is 955. The summed E-state index contributed by atoms with van der Waals surface area (Å²) in [6.07, 6.45) is -6.53. The van der Waals surface area contributed by atoms with Crippen molar-refractivity contribution in [1.82, 2.24) is 0 Å². The largest absolute Gasteiger partial charge is 0.435 e. The molecule has 2 heterocycles. The maximum atomic E-state index is 12.8. The third kappa shape index (κ3) is 2.82. The first-order valence-electron chi connectivity index (χ1n) is 13.1. The van der Waals surface area contributed by atoms with Crippen LogP contribution in [0.1, 0.15) is 46.0 Å². The smallest absolute Gasteiger partial charge is 0.314 e. The van der Waals surface area contributed by atoms with Gasteiger partial charge in [0, 0.05) is 11.3 Å². The van der Waals surface area contributed by atoms with E-state index < -0.39 is 83.9 Å². The highest BCUT2D eigenvalue weighted by molar-refractivity contribution is 5.79. The maximum Gasteiger partial charge on any atom is 0.314 e. The molecule has 202 valence electrons. The third-order valence-electron chi connectivity index (χ3n) is 11.3. The summed E-state index contributed by atoms with van der Waals surface area (Å²) in [6, 6.07) is 0. The number of esters is 1. The topological polar surface area (TPSA) is 166 Å². The molecule has 0 unspecified atom stereocenters. The first-order chi connectivity index (χ1) is 16.9. The molecular weight excluding hydrogens is 472 g/mol. The summed E-state index contributed by atoms with van der Waals surface area (Å²) < 4.78 is 17.4. The number of aliphatic hydroxyl groups is 6. The molecule has 6 N–H and O–H groups in total. The lowest BCUT2D eigenvalue weighted by Crippen LogP contribution is -2.61. The minimum atomic E-state index is -1.57. The summed E-state index contributed by atoms with van der Waals surface area (Å²) in [7, 11) is 0. The van der Waals surface area contributed by atoms with Gasteiger partial charge >= 0.3 is 5.97 Å². The molecule has 6 fully saturated rings. The fourth-order valence-electron chi connectivity index (χ4n) is 9.72. The summed E-state index contributed by atoms with van der Waals surface area (Å²) in [6.45, 7) is 7.68. The summed E-state index contributed by atoms with van der Waals surface area (Å²) in [4.78, 5) is 12.8. The van der Waals surface area contributed by atoms with Crippen LogP contribution in [-0.4, -0.2) is 92.4 Å². The summed E-state index contributed by atoms with van der Waals surface area (Å²) in [5.74, 6) is -1.10. The molecule has 0 aromatic rings. The Balaban J connectivity index is 1.40. The first-order valence-corrected chi connectivity index (χ1v) is 13.1. The van der Waals surface area contributed by atoms with Crippen molar-refractivity contribution in [2.24, 2.45) is 39.9 Å². The lowest BCUT2D eigenvalue weighted by Gasteiger charge is -2.53. The van der Waals surface area contributed by atoms with Crippen LogP contribution in [0.25, 0.3) is 0 Å². The monoisotopic (exact) mass is 510 g/mol. The Morgan fingerprint density at radius 2 is 1.78 bits per heavy atom. The lowest BCUT2D eigenvalue weighted by atomic mass is 9.49. The SMILES string of the molecule is C=C1[C@H]2CC[C@@H]3[C@@]4(C)[C@H](CC[C@]5(C)C(=O)O[C@@H](O)[C@H]45)[C@@H](O)[C@@]3(C2)[C@@H]1O[C@H]1O[C@@H](CO)[C@H](O)[C@@H](O)[C@@H]1O. The summed E-state index contributed by atoms with van der Waals surface area (Å²) in [5.41, 5.74) is -1.44. The zero-order valence-corrected chi connectivity index (χ0v) is 20.7. The summed E-state index contributed by atoms with van der Waals surface area (Å²) in [5, 5.41) is 63.8. The molecule has 6 rings (SSSR count). The molecule has 1 spiro atoms. The van der Waals surface area contributed by atoms with E-state index in [2.05, 4.69) is 13.5 Å². The van der Waals surface area contributed by atoms with E-state index in [-0.39, 0.29) is 17.8 Å². The van der Waals surface area contributed by atoms with E-state index in [4.69, 9.17) is 14.2 Å². The number of hydrogen-bond donors (Lipinski definition) is 6. The quantitative estimate of drug-likeness (QED) is 0.214. The van der Waals surface area contributed by atoms with Crippen LogP contribution in [0.15, 0.2) is 12.2 Å². The van der Waals surface area contributed by atoms with Gasteiger partial charge in [-0.1, -0.05) is 13.5 Å². The molecule has 4 saturated carbocycles. The predicted octanol–water partition coefficient (Wildman–Crippen LogP) is -0.567. The molecule has 36 heavy (non-hydrogen) atoms. The van der Waals surface area contributed by atoms with Gasteiger partial charge in [0.15, 0.2) is 6.29 Å². The second-order valence-electron chi connectivity index (χ2n) is 12.6. The first kappa shape index (κ1) is 25.2. The zero-order valence-electron chi connectivity index (χ0n) is 20.7. The van der Waals surface area contributed by atoms with Crippen LogP contribution in [0.3, 0.4) is 0 Å². The molecule has 6 aliphatic rings. The number of cyclic esters (lactones) is 1. The van der Waals surface area contributed by atoms with Gasteiger partial charge in [0.05, 0.1) is 24.2 Å². The van der Waals surface area contributed by atoms with Gasteiger partial charge in [-0.25, -0.2) is 0 Å². The van der Waals surface area contributed by atoms with E-state index in [0.717, 1.165) is 18.4 Å². The molecule has 0 amide bonds. The summed E-state index contributed by atoms with van der Waals surface area (Å²) >= 11 is 0. The minimum absolute atomic E-state index is 0.0901. The zero-order chi connectivity index (χ0) is 25.9. The van der Waals surface area contributed by atoms with Crippen molar-refractivity contribution in [2.75, 3.05) is 6.61 Å². The molecule has 0 radical (unpaired) electrons. The highest BCUT2D eigenvalue weighted by Gasteiger charge is 2.79. The highest BCUT2D eigenvalue weighted by Crippen LogP contribution is 2.77. The van der Waals surface area contributed by atoms with Gasteiger partial charge in [0.2, 0.25) is 6.29 Å². The van der Waals surface area contributed by atoms with E-state index in [1.807, 2.05) is 6.92 Å². The molecule has 2 aliphatic heterocycles. The fraction of sp³-hybridized carbons (Fsp3) is 0.885. The maximum absolute atomic E-state index is 12.8. The molecule has 0 aromatic heterocycles. The van der Waals surface area contributed by atoms with E-state index in [1.165, 1.54) is 0 Å². The van der Waals surface area contributed by atoms with Crippen LogP contribution in [0, 0.1) is 39.9 Å². The van der Waals surface area contributed by atoms with Crippen LogP contribution in [0.2, 0.25) is 0 Å². The number of carbonyl (C=O) groups excluding carboxylic acids is 1. The van der Waals surface area contributed by atoms with Crippen LogP contribution in [0.5, 0.6) is 0 Å². The number of hydrogen-bond acceptors (Lipinski definition) is 10. The number of carbonyl (C=O) groups is 1. The van der Waals surface area contributed by atoms with E-state index in [0.29, 0.717) is 19.3 Å². The Morgan fingerprint density at radius 1 is 1.06 bits per heavy atom. The van der Waals surface area contributed by atoms with Crippen LogP contribution in [0.4, 0.5) is 0 Å². The third-order valence-corrected chi connectivity index (χ3v) is 11.3. The lowest BCUT2D eigenvalue weighted by molar-refractivity contribution is -0.318. The van der Waals surface area contributed by atoms with E-state index in [9.17, 15) is 35.4 Å². The fourth-order valence-corrected chi connectivity index (χ4v) is 9.72. The van der Waals surface area contributed by atoms with Crippen molar-refractivity contribution < 1.29 is 49.6 Å². The Hall–Kier alpha value is -1.11. The molecule has 2 bridgehead atoms. The van der Waals surface area contributed by atoms with Gasteiger partial charge in [-0.05, 0) is 67.8 Å². The molecule has 15 atom stereocenters. The Kier molecular flexibility index (Phi) is 5.56. The van der Waals surface area contributed by atoms with Crippen molar-refractivity contribution in [2.45, 2.75) is 95.2 Å². The van der Waals surface area contributed by atoms with Gasteiger partial charge in [0.1, 0.15) is 24.4 Å². The van der Waals surface area contributed by atoms with E-state index >= 15 is 0 Å².